The first-order chi connectivity index (χ1) is 11.3. The summed E-state index contributed by atoms with van der Waals surface area (Å²) in [6.07, 6.45) is 5.92. The third-order valence-electron chi connectivity index (χ3n) is 5.30. The van der Waals surface area contributed by atoms with Crippen LogP contribution in [0.25, 0.3) is 16.0 Å². The fraction of sp³-hybridized carbons (Fsp3) is 0.455. The van der Waals surface area contributed by atoms with E-state index in [1.807, 2.05) is 11.3 Å². The van der Waals surface area contributed by atoms with E-state index >= 15 is 0 Å². The average Bonchev–Trinajstić information content (AvgIpc) is 2.91. The van der Waals surface area contributed by atoms with Gasteiger partial charge in [-0.15, -0.1) is 11.3 Å². The van der Waals surface area contributed by atoms with Crippen LogP contribution in [0.15, 0.2) is 30.3 Å². The molecule has 1 atom stereocenters. The summed E-state index contributed by atoms with van der Waals surface area (Å²) in [5.41, 5.74) is 13.7. The number of hydrogen-bond donors (Lipinski definition) is 1. The lowest BCUT2D eigenvalue weighted by molar-refractivity contribution is 0.317. The van der Waals surface area contributed by atoms with Crippen LogP contribution in [-0.2, 0) is 12.8 Å². The lowest BCUT2D eigenvalue weighted by Gasteiger charge is -2.30. The second-order valence-corrected chi connectivity index (χ2v) is 9.00. The van der Waals surface area contributed by atoms with Gasteiger partial charge in [0.1, 0.15) is 0 Å². The first-order valence-electron chi connectivity index (χ1n) is 8.97. The van der Waals surface area contributed by atoms with Crippen molar-refractivity contribution in [3.8, 4) is 10.4 Å². The molecule has 0 spiro atoms. The molecule has 0 fully saturated rings. The SMILES string of the molecule is C/C=C(\C)c1c(-c2ccccc2[C@H](C)N)sc2c1CC(C)(C)CC2. The van der Waals surface area contributed by atoms with Crippen LogP contribution >= 0.6 is 11.3 Å². The first kappa shape index (κ1) is 17.4. The maximum Gasteiger partial charge on any atom is 0.0426 e. The van der Waals surface area contributed by atoms with Gasteiger partial charge in [0.25, 0.3) is 0 Å². The van der Waals surface area contributed by atoms with Gasteiger partial charge >= 0.3 is 0 Å². The molecular formula is C22H29NS. The number of benzene rings is 1. The molecule has 0 unspecified atom stereocenters. The highest BCUT2D eigenvalue weighted by molar-refractivity contribution is 7.16. The molecule has 0 radical (unpaired) electrons. The first-order valence-corrected chi connectivity index (χ1v) is 9.78. The summed E-state index contributed by atoms with van der Waals surface area (Å²) in [5, 5.41) is 0. The van der Waals surface area contributed by atoms with E-state index in [-0.39, 0.29) is 6.04 Å². The van der Waals surface area contributed by atoms with Gasteiger partial charge in [-0.2, -0.15) is 0 Å². The lowest BCUT2D eigenvalue weighted by Crippen LogP contribution is -2.21. The second kappa shape index (κ2) is 6.50. The molecule has 2 N–H and O–H groups in total. The van der Waals surface area contributed by atoms with Crippen molar-refractivity contribution in [3.05, 3.63) is 51.9 Å². The maximum absolute atomic E-state index is 6.27. The van der Waals surface area contributed by atoms with Gasteiger partial charge in [-0.25, -0.2) is 0 Å². The second-order valence-electron chi connectivity index (χ2n) is 7.90. The molecule has 0 saturated carbocycles. The van der Waals surface area contributed by atoms with Crippen LogP contribution in [0, 0.1) is 5.41 Å². The van der Waals surface area contributed by atoms with Crippen molar-refractivity contribution in [1.82, 2.24) is 0 Å². The quantitative estimate of drug-likeness (QED) is 0.690. The van der Waals surface area contributed by atoms with E-state index < -0.39 is 0 Å². The molecular weight excluding hydrogens is 310 g/mol. The minimum Gasteiger partial charge on any atom is -0.324 e. The Bertz CT molecular complexity index is 777. The van der Waals surface area contributed by atoms with Gasteiger partial charge in [0.05, 0.1) is 0 Å². The largest absolute Gasteiger partial charge is 0.324 e. The van der Waals surface area contributed by atoms with Crippen LogP contribution in [0.1, 0.15) is 68.6 Å². The summed E-state index contributed by atoms with van der Waals surface area (Å²) in [5.74, 6) is 0. The molecule has 1 heterocycles. The summed E-state index contributed by atoms with van der Waals surface area (Å²) < 4.78 is 0. The Morgan fingerprint density at radius 3 is 2.67 bits per heavy atom. The molecule has 0 bridgehead atoms. The van der Waals surface area contributed by atoms with Crippen LogP contribution in [0.5, 0.6) is 0 Å². The summed E-state index contributed by atoms with van der Waals surface area (Å²) in [4.78, 5) is 3.00. The van der Waals surface area contributed by atoms with Gasteiger partial charge in [0, 0.05) is 15.8 Å². The van der Waals surface area contributed by atoms with Crippen LogP contribution in [-0.4, -0.2) is 0 Å². The van der Waals surface area contributed by atoms with Crippen LogP contribution < -0.4 is 5.73 Å². The van der Waals surface area contributed by atoms with Crippen LogP contribution in [0.3, 0.4) is 0 Å². The normalized spacial score (nSPS) is 18.3. The minimum atomic E-state index is 0.0514. The molecule has 0 saturated heterocycles. The zero-order valence-corrected chi connectivity index (χ0v) is 16.4. The van der Waals surface area contributed by atoms with E-state index in [4.69, 9.17) is 5.73 Å². The maximum atomic E-state index is 6.27. The predicted octanol–water partition coefficient (Wildman–Crippen LogP) is 6.37. The predicted molar refractivity (Wildman–Crippen MR) is 107 cm³/mol. The van der Waals surface area contributed by atoms with E-state index in [9.17, 15) is 0 Å². The Morgan fingerprint density at radius 2 is 2.00 bits per heavy atom. The van der Waals surface area contributed by atoms with E-state index in [0.717, 1.165) is 0 Å². The zero-order chi connectivity index (χ0) is 17.5. The van der Waals surface area contributed by atoms with Crippen molar-refractivity contribution in [3.63, 3.8) is 0 Å². The number of hydrogen-bond acceptors (Lipinski definition) is 2. The van der Waals surface area contributed by atoms with E-state index in [2.05, 4.69) is 65.0 Å². The average molecular weight is 340 g/mol. The number of allylic oxidation sites excluding steroid dienone is 2. The number of fused-ring (bicyclic) bond motifs is 1. The van der Waals surface area contributed by atoms with Crippen LogP contribution in [0.2, 0.25) is 0 Å². The summed E-state index contributed by atoms with van der Waals surface area (Å²) in [6, 6.07) is 8.71. The Hall–Kier alpha value is -1.38. The summed E-state index contributed by atoms with van der Waals surface area (Å²) in [6.45, 7) is 11.3. The van der Waals surface area contributed by atoms with Gasteiger partial charge in [0.15, 0.2) is 0 Å². The van der Waals surface area contributed by atoms with E-state index in [0.29, 0.717) is 5.41 Å². The van der Waals surface area contributed by atoms with Crippen molar-refractivity contribution in [2.75, 3.05) is 0 Å². The molecule has 1 aromatic heterocycles. The highest BCUT2D eigenvalue weighted by Gasteiger charge is 2.31. The number of aryl methyl sites for hydroxylation is 1. The summed E-state index contributed by atoms with van der Waals surface area (Å²) >= 11 is 1.99. The third-order valence-corrected chi connectivity index (χ3v) is 6.62. The van der Waals surface area contributed by atoms with Crippen molar-refractivity contribution >= 4 is 16.9 Å². The fourth-order valence-corrected chi connectivity index (χ4v) is 5.20. The Kier molecular flexibility index (Phi) is 4.72. The molecule has 24 heavy (non-hydrogen) atoms. The summed E-state index contributed by atoms with van der Waals surface area (Å²) in [7, 11) is 0. The smallest absolute Gasteiger partial charge is 0.0426 e. The topological polar surface area (TPSA) is 26.0 Å². The zero-order valence-electron chi connectivity index (χ0n) is 15.6. The Labute approximate surface area is 150 Å². The lowest BCUT2D eigenvalue weighted by atomic mass is 9.75. The highest BCUT2D eigenvalue weighted by Crippen LogP contribution is 2.48. The number of thiophene rings is 1. The number of nitrogens with two attached hydrogens (primary N) is 1. The molecule has 128 valence electrons. The molecule has 2 heteroatoms. The van der Waals surface area contributed by atoms with Crippen LogP contribution in [0.4, 0.5) is 0 Å². The third kappa shape index (κ3) is 3.10. The van der Waals surface area contributed by atoms with Crippen molar-refractivity contribution in [2.45, 2.75) is 59.9 Å². The van der Waals surface area contributed by atoms with Gasteiger partial charge < -0.3 is 5.73 Å². The van der Waals surface area contributed by atoms with Crippen molar-refractivity contribution < 1.29 is 0 Å². The highest BCUT2D eigenvalue weighted by atomic mass is 32.1. The fourth-order valence-electron chi connectivity index (χ4n) is 3.77. The van der Waals surface area contributed by atoms with Crippen molar-refractivity contribution in [1.29, 1.82) is 0 Å². The van der Waals surface area contributed by atoms with Gasteiger partial charge in [-0.05, 0) is 73.3 Å². The van der Waals surface area contributed by atoms with Gasteiger partial charge in [0.2, 0.25) is 0 Å². The number of rotatable bonds is 3. The molecule has 0 amide bonds. The van der Waals surface area contributed by atoms with Gasteiger partial charge in [-0.3, -0.25) is 0 Å². The molecule has 1 nitrogen and oxygen atoms in total. The Balaban J connectivity index is 2.25. The molecule has 1 aliphatic rings. The molecule has 0 aliphatic heterocycles. The van der Waals surface area contributed by atoms with E-state index in [1.54, 1.807) is 10.4 Å². The monoisotopic (exact) mass is 339 g/mol. The molecule has 1 aliphatic carbocycles. The van der Waals surface area contributed by atoms with Gasteiger partial charge in [-0.1, -0.05) is 44.2 Å². The van der Waals surface area contributed by atoms with Crippen molar-refractivity contribution in [2.24, 2.45) is 11.1 Å². The molecule has 3 rings (SSSR count). The van der Waals surface area contributed by atoms with E-state index in [1.165, 1.54) is 46.4 Å². The molecule has 2 aromatic rings. The molecule has 1 aromatic carbocycles. The standard InChI is InChI=1S/C22H29NS/c1-6-14(2)20-18-13-22(4,5)12-11-19(18)24-21(20)17-10-8-7-9-16(17)15(3)23/h6-10,15H,11-13,23H2,1-5H3/b14-6+/t15-/m0/s1. The Morgan fingerprint density at radius 1 is 1.29 bits per heavy atom. The minimum absolute atomic E-state index is 0.0514.